The maximum Gasteiger partial charge on any atom is 0.267 e. The van der Waals surface area contributed by atoms with E-state index in [1.54, 1.807) is 9.47 Å². The Bertz CT molecular complexity index is 782. The van der Waals surface area contributed by atoms with Crippen LogP contribution in [0.1, 0.15) is 15.9 Å². The van der Waals surface area contributed by atoms with Crippen LogP contribution in [0.25, 0.3) is 0 Å². The van der Waals surface area contributed by atoms with Crippen LogP contribution in [0.4, 0.5) is 0 Å². The van der Waals surface area contributed by atoms with E-state index in [2.05, 4.69) is 4.98 Å². The fourth-order valence-electron chi connectivity index (χ4n) is 2.71. The molecule has 134 valence electrons. The van der Waals surface area contributed by atoms with Crippen molar-refractivity contribution < 1.29 is 4.79 Å². The molecule has 0 radical (unpaired) electrons. The predicted octanol–water partition coefficient (Wildman–Crippen LogP) is 1.41. The van der Waals surface area contributed by atoms with E-state index in [0.717, 1.165) is 17.7 Å². The van der Waals surface area contributed by atoms with Crippen LogP contribution in [0.2, 0.25) is 0 Å². The van der Waals surface area contributed by atoms with E-state index in [1.165, 1.54) is 18.0 Å². The third kappa shape index (κ3) is 4.42. The molecule has 25 heavy (non-hydrogen) atoms. The van der Waals surface area contributed by atoms with Gasteiger partial charge in [0.1, 0.15) is 5.56 Å². The lowest BCUT2D eigenvalue weighted by Gasteiger charge is -2.22. The van der Waals surface area contributed by atoms with Crippen molar-refractivity contribution in [3.8, 4) is 0 Å². The summed E-state index contributed by atoms with van der Waals surface area (Å²) in [5.74, 6) is 0.529. The Hall–Kier alpha value is -1.83. The summed E-state index contributed by atoms with van der Waals surface area (Å²) in [5, 5.41) is 0.686. The molecular formula is C17H21ClN4O2S. The molecular weight excluding hydrogens is 360 g/mol. The number of nitrogens with zero attached hydrogens (tertiary/aromatic N) is 3. The summed E-state index contributed by atoms with van der Waals surface area (Å²) in [4.78, 5) is 31.2. The molecule has 1 amide bonds. The number of fused-ring (bicyclic) bond motifs is 1. The van der Waals surface area contributed by atoms with E-state index in [4.69, 9.17) is 5.73 Å². The van der Waals surface area contributed by atoms with Crippen LogP contribution in [0.15, 0.2) is 46.5 Å². The minimum absolute atomic E-state index is 0. The van der Waals surface area contributed by atoms with Crippen molar-refractivity contribution in [2.45, 2.75) is 18.1 Å². The highest BCUT2D eigenvalue weighted by Gasteiger charge is 2.23. The second-order valence-corrected chi connectivity index (χ2v) is 6.64. The number of benzene rings is 1. The Morgan fingerprint density at radius 2 is 2.04 bits per heavy atom. The molecule has 0 saturated carbocycles. The van der Waals surface area contributed by atoms with Gasteiger partial charge < -0.3 is 10.6 Å². The zero-order valence-electron chi connectivity index (χ0n) is 13.8. The molecule has 2 heterocycles. The monoisotopic (exact) mass is 380 g/mol. The van der Waals surface area contributed by atoms with Gasteiger partial charge in [-0.25, -0.2) is 4.98 Å². The number of aromatic nitrogens is 2. The van der Waals surface area contributed by atoms with Crippen LogP contribution < -0.4 is 11.3 Å². The number of carbonyl (C=O) groups excluding carboxylic acids is 1. The van der Waals surface area contributed by atoms with Gasteiger partial charge in [0.25, 0.3) is 11.5 Å². The van der Waals surface area contributed by atoms with E-state index in [0.29, 0.717) is 31.3 Å². The van der Waals surface area contributed by atoms with Crippen molar-refractivity contribution in [3.05, 3.63) is 58.0 Å². The number of thioether (sulfide) groups is 1. The van der Waals surface area contributed by atoms with Crippen LogP contribution in [0.3, 0.4) is 0 Å². The summed E-state index contributed by atoms with van der Waals surface area (Å²) < 4.78 is 1.58. The summed E-state index contributed by atoms with van der Waals surface area (Å²) in [7, 11) is 0. The highest BCUT2D eigenvalue weighted by Crippen LogP contribution is 2.20. The van der Waals surface area contributed by atoms with Gasteiger partial charge in [-0.2, -0.15) is 0 Å². The minimum Gasteiger partial charge on any atom is -0.337 e. The topological polar surface area (TPSA) is 81.2 Å². The first kappa shape index (κ1) is 19.5. The Balaban J connectivity index is 0.00000225. The normalized spacial score (nSPS) is 12.4. The fourth-order valence-corrected chi connectivity index (χ4v) is 3.63. The molecule has 0 saturated heterocycles. The minimum atomic E-state index is -0.291. The zero-order chi connectivity index (χ0) is 16.9. The molecule has 0 aliphatic carbocycles. The van der Waals surface area contributed by atoms with Gasteiger partial charge in [-0.15, -0.1) is 12.4 Å². The number of hydrogen-bond acceptors (Lipinski definition) is 5. The zero-order valence-corrected chi connectivity index (χ0v) is 15.4. The lowest BCUT2D eigenvalue weighted by molar-refractivity contribution is 0.0758. The first-order chi connectivity index (χ1) is 11.7. The number of carbonyl (C=O) groups is 1. The second-order valence-electron chi connectivity index (χ2n) is 5.58. The molecule has 0 fully saturated rings. The third-order valence-corrected chi connectivity index (χ3v) is 4.96. The average molecular weight is 381 g/mol. The predicted molar refractivity (Wildman–Crippen MR) is 102 cm³/mol. The van der Waals surface area contributed by atoms with E-state index < -0.39 is 0 Å². The van der Waals surface area contributed by atoms with Crippen LogP contribution >= 0.6 is 24.2 Å². The van der Waals surface area contributed by atoms with Crippen LogP contribution in [-0.2, 0) is 13.0 Å². The molecule has 1 aromatic heterocycles. The average Bonchev–Trinajstić information content (AvgIpc) is 3.09. The van der Waals surface area contributed by atoms with Gasteiger partial charge >= 0.3 is 0 Å². The fraction of sp³-hybridized carbons (Fsp3) is 0.353. The number of amides is 1. The maximum absolute atomic E-state index is 12.8. The first-order valence-electron chi connectivity index (χ1n) is 7.96. The van der Waals surface area contributed by atoms with Gasteiger partial charge in [-0.1, -0.05) is 42.1 Å². The van der Waals surface area contributed by atoms with Gasteiger partial charge in [-0.3, -0.25) is 14.2 Å². The number of rotatable bonds is 6. The summed E-state index contributed by atoms with van der Waals surface area (Å²) in [6.45, 7) is 1.90. The Kier molecular flexibility index (Phi) is 7.04. The van der Waals surface area contributed by atoms with Crippen LogP contribution in [0, 0.1) is 0 Å². The van der Waals surface area contributed by atoms with Gasteiger partial charge in [0.15, 0.2) is 5.16 Å². The Labute approximate surface area is 156 Å². The molecule has 2 N–H and O–H groups in total. The molecule has 6 nitrogen and oxygen atoms in total. The van der Waals surface area contributed by atoms with Crippen molar-refractivity contribution in [1.82, 2.24) is 14.5 Å². The molecule has 3 rings (SSSR count). The van der Waals surface area contributed by atoms with Gasteiger partial charge in [0.05, 0.1) is 0 Å². The van der Waals surface area contributed by atoms with Crippen molar-refractivity contribution >= 4 is 30.1 Å². The van der Waals surface area contributed by atoms with Crippen molar-refractivity contribution in [2.75, 3.05) is 25.4 Å². The molecule has 0 spiro atoms. The standard InChI is InChI=1S/C17H20N4O2S.ClH/c18-7-9-20(8-6-13-4-2-1-3-5-13)15(22)14-12-19-17-21(16(14)23)10-11-24-17;/h1-5,12H,6-11,18H2;1H. The van der Waals surface area contributed by atoms with Gasteiger partial charge in [-0.05, 0) is 12.0 Å². The third-order valence-electron chi connectivity index (χ3n) is 3.99. The molecule has 0 bridgehead atoms. The highest BCUT2D eigenvalue weighted by atomic mass is 35.5. The van der Waals surface area contributed by atoms with E-state index >= 15 is 0 Å². The van der Waals surface area contributed by atoms with Crippen LogP contribution in [-0.4, -0.2) is 45.7 Å². The van der Waals surface area contributed by atoms with E-state index in [1.807, 2.05) is 30.3 Å². The number of nitrogens with two attached hydrogens (primary N) is 1. The molecule has 2 aromatic rings. The lowest BCUT2D eigenvalue weighted by Crippen LogP contribution is -2.40. The molecule has 1 aliphatic heterocycles. The smallest absolute Gasteiger partial charge is 0.267 e. The summed E-state index contributed by atoms with van der Waals surface area (Å²) in [6.07, 6.45) is 2.13. The summed E-state index contributed by atoms with van der Waals surface area (Å²) >= 11 is 1.54. The SMILES string of the molecule is Cl.NCCN(CCc1ccccc1)C(=O)c1cnc2n(c1=O)CCS2. The second kappa shape index (κ2) is 9.03. The molecule has 8 heteroatoms. The summed E-state index contributed by atoms with van der Waals surface area (Å²) in [6, 6.07) is 9.95. The van der Waals surface area contributed by atoms with E-state index in [9.17, 15) is 9.59 Å². The molecule has 0 atom stereocenters. The lowest BCUT2D eigenvalue weighted by atomic mass is 10.1. The largest absolute Gasteiger partial charge is 0.337 e. The molecule has 0 unspecified atom stereocenters. The number of hydrogen-bond donors (Lipinski definition) is 1. The van der Waals surface area contributed by atoms with Crippen molar-refractivity contribution in [3.63, 3.8) is 0 Å². The van der Waals surface area contributed by atoms with Crippen LogP contribution in [0.5, 0.6) is 0 Å². The first-order valence-corrected chi connectivity index (χ1v) is 8.95. The summed E-state index contributed by atoms with van der Waals surface area (Å²) in [5.41, 5.74) is 6.67. The maximum atomic E-state index is 12.8. The van der Waals surface area contributed by atoms with Crippen molar-refractivity contribution in [2.24, 2.45) is 5.73 Å². The quantitative estimate of drug-likeness (QED) is 0.766. The number of halogens is 1. The molecule has 1 aliphatic rings. The molecule has 1 aromatic carbocycles. The highest BCUT2D eigenvalue weighted by molar-refractivity contribution is 7.99. The Morgan fingerprint density at radius 1 is 1.28 bits per heavy atom. The van der Waals surface area contributed by atoms with Gasteiger partial charge in [0.2, 0.25) is 0 Å². The van der Waals surface area contributed by atoms with Gasteiger partial charge in [0, 0.05) is 38.1 Å². The van der Waals surface area contributed by atoms with E-state index in [-0.39, 0.29) is 29.4 Å². The van der Waals surface area contributed by atoms with Crippen molar-refractivity contribution in [1.29, 1.82) is 0 Å². The Morgan fingerprint density at radius 3 is 2.76 bits per heavy atom.